The van der Waals surface area contributed by atoms with Crippen molar-refractivity contribution in [1.82, 2.24) is 19.9 Å². The molecule has 0 bridgehead atoms. The quantitative estimate of drug-likeness (QED) is 0.665. The first-order valence-corrected chi connectivity index (χ1v) is 7.44. The van der Waals surface area contributed by atoms with Crippen molar-refractivity contribution in [2.75, 3.05) is 37.5 Å². The standard InChI is InChI=1S/C16H20N6O/c1-10-9-19-15(21-16(10)22(2)3)12-8-13(17-6-7-23)20-14-11(12)4-5-18-14/h4-5,8-9,23H,6-7H2,1-3H3,(H2,17,18,20). The lowest BCUT2D eigenvalue weighted by Gasteiger charge is -2.15. The third kappa shape index (κ3) is 2.95. The van der Waals surface area contributed by atoms with Gasteiger partial charge >= 0.3 is 0 Å². The van der Waals surface area contributed by atoms with Gasteiger partial charge in [-0.05, 0) is 19.1 Å². The minimum atomic E-state index is 0.0472. The lowest BCUT2D eigenvalue weighted by molar-refractivity contribution is 0.311. The van der Waals surface area contributed by atoms with E-state index in [2.05, 4.69) is 25.3 Å². The van der Waals surface area contributed by atoms with Crippen molar-refractivity contribution in [3.8, 4) is 11.4 Å². The monoisotopic (exact) mass is 312 g/mol. The SMILES string of the molecule is Cc1cnc(-c2cc(NCCO)nc3[nH]ccc23)nc1N(C)C. The van der Waals surface area contributed by atoms with Gasteiger partial charge in [0, 0.05) is 49.5 Å². The Morgan fingerprint density at radius 2 is 2.13 bits per heavy atom. The van der Waals surface area contributed by atoms with Gasteiger partial charge in [0.15, 0.2) is 5.82 Å². The molecule has 0 radical (unpaired) electrons. The summed E-state index contributed by atoms with van der Waals surface area (Å²) in [7, 11) is 3.93. The van der Waals surface area contributed by atoms with Crippen molar-refractivity contribution in [3.05, 3.63) is 30.1 Å². The molecule has 0 aliphatic carbocycles. The fourth-order valence-corrected chi connectivity index (χ4v) is 2.51. The number of aromatic amines is 1. The zero-order chi connectivity index (χ0) is 16.4. The molecular weight excluding hydrogens is 292 g/mol. The minimum absolute atomic E-state index is 0.0472. The van der Waals surface area contributed by atoms with Crippen molar-refractivity contribution in [1.29, 1.82) is 0 Å². The summed E-state index contributed by atoms with van der Waals surface area (Å²) in [4.78, 5) is 18.8. The second kappa shape index (κ2) is 6.21. The van der Waals surface area contributed by atoms with Crippen LogP contribution in [0.3, 0.4) is 0 Å². The highest BCUT2D eigenvalue weighted by atomic mass is 16.3. The normalized spacial score (nSPS) is 11.0. The summed E-state index contributed by atoms with van der Waals surface area (Å²) in [5, 5.41) is 13.0. The van der Waals surface area contributed by atoms with E-state index in [0.717, 1.165) is 28.0 Å². The number of nitrogens with one attached hydrogen (secondary N) is 2. The predicted molar refractivity (Wildman–Crippen MR) is 91.8 cm³/mol. The topological polar surface area (TPSA) is 90.0 Å². The Hall–Kier alpha value is -2.67. The largest absolute Gasteiger partial charge is 0.395 e. The van der Waals surface area contributed by atoms with Crippen LogP contribution in [0.15, 0.2) is 24.5 Å². The molecule has 3 N–H and O–H groups in total. The molecule has 0 aliphatic heterocycles. The van der Waals surface area contributed by atoms with E-state index < -0.39 is 0 Å². The molecule has 0 spiro atoms. The van der Waals surface area contributed by atoms with E-state index in [-0.39, 0.29) is 6.61 Å². The summed E-state index contributed by atoms with van der Waals surface area (Å²) in [5.74, 6) is 2.22. The number of anilines is 2. The van der Waals surface area contributed by atoms with Gasteiger partial charge in [-0.3, -0.25) is 0 Å². The van der Waals surface area contributed by atoms with E-state index in [0.29, 0.717) is 18.2 Å². The van der Waals surface area contributed by atoms with Crippen LogP contribution in [0.5, 0.6) is 0 Å². The van der Waals surface area contributed by atoms with Gasteiger partial charge in [0.05, 0.1) is 6.61 Å². The van der Waals surface area contributed by atoms with Gasteiger partial charge in [0.1, 0.15) is 17.3 Å². The lowest BCUT2D eigenvalue weighted by atomic mass is 10.1. The Morgan fingerprint density at radius 1 is 1.30 bits per heavy atom. The molecule has 0 unspecified atom stereocenters. The summed E-state index contributed by atoms with van der Waals surface area (Å²) in [6.45, 7) is 2.48. The molecule has 3 aromatic heterocycles. The molecule has 3 rings (SSSR count). The first-order chi connectivity index (χ1) is 11.1. The number of nitrogens with zero attached hydrogens (tertiary/aromatic N) is 4. The summed E-state index contributed by atoms with van der Waals surface area (Å²) >= 11 is 0. The third-order valence-corrected chi connectivity index (χ3v) is 3.56. The Kier molecular flexibility index (Phi) is 4.12. The van der Waals surface area contributed by atoms with Crippen LogP contribution in [-0.2, 0) is 0 Å². The van der Waals surface area contributed by atoms with Gasteiger partial charge in [0.2, 0.25) is 0 Å². The molecule has 0 aliphatic rings. The lowest BCUT2D eigenvalue weighted by Crippen LogP contribution is -2.13. The second-order valence-corrected chi connectivity index (χ2v) is 5.54. The van der Waals surface area contributed by atoms with Gasteiger partial charge < -0.3 is 20.3 Å². The van der Waals surface area contributed by atoms with Crippen molar-refractivity contribution in [2.45, 2.75) is 6.92 Å². The van der Waals surface area contributed by atoms with E-state index in [1.54, 1.807) is 0 Å². The highest BCUT2D eigenvalue weighted by Gasteiger charge is 2.13. The molecule has 23 heavy (non-hydrogen) atoms. The number of H-pyrrole nitrogens is 1. The Balaban J connectivity index is 2.14. The number of pyridine rings is 1. The highest BCUT2D eigenvalue weighted by Crippen LogP contribution is 2.29. The maximum Gasteiger partial charge on any atom is 0.162 e. The van der Waals surface area contributed by atoms with Gasteiger partial charge in [0.25, 0.3) is 0 Å². The first kappa shape index (κ1) is 15.2. The highest BCUT2D eigenvalue weighted by molar-refractivity contribution is 5.93. The number of aromatic nitrogens is 4. The number of rotatable bonds is 5. The van der Waals surface area contributed by atoms with Crippen LogP contribution in [0.4, 0.5) is 11.6 Å². The summed E-state index contributed by atoms with van der Waals surface area (Å²) in [6.07, 6.45) is 3.68. The van der Waals surface area contributed by atoms with Gasteiger partial charge in [-0.25, -0.2) is 15.0 Å². The molecule has 7 heteroatoms. The average molecular weight is 312 g/mol. The zero-order valence-corrected chi connectivity index (χ0v) is 13.5. The summed E-state index contributed by atoms with van der Waals surface area (Å²) in [6, 6.07) is 3.88. The fraction of sp³-hybridized carbons (Fsp3) is 0.312. The molecule has 0 saturated carbocycles. The number of fused-ring (bicyclic) bond motifs is 1. The number of aliphatic hydroxyl groups is 1. The fourth-order valence-electron chi connectivity index (χ4n) is 2.51. The van der Waals surface area contributed by atoms with Crippen molar-refractivity contribution < 1.29 is 5.11 Å². The van der Waals surface area contributed by atoms with Crippen LogP contribution in [-0.4, -0.2) is 52.3 Å². The number of hydrogen-bond acceptors (Lipinski definition) is 6. The van der Waals surface area contributed by atoms with Crippen molar-refractivity contribution in [3.63, 3.8) is 0 Å². The van der Waals surface area contributed by atoms with Crippen molar-refractivity contribution >= 4 is 22.7 Å². The number of hydrogen-bond donors (Lipinski definition) is 3. The Bertz CT molecular complexity index is 827. The van der Waals surface area contributed by atoms with E-state index in [1.165, 1.54) is 0 Å². The van der Waals surface area contributed by atoms with Gasteiger partial charge in [-0.2, -0.15) is 0 Å². The smallest absolute Gasteiger partial charge is 0.162 e. The third-order valence-electron chi connectivity index (χ3n) is 3.56. The molecule has 0 amide bonds. The summed E-state index contributed by atoms with van der Waals surface area (Å²) < 4.78 is 0. The molecule has 0 aromatic carbocycles. The maximum absolute atomic E-state index is 8.99. The van der Waals surface area contributed by atoms with Crippen LogP contribution in [0, 0.1) is 6.92 Å². The van der Waals surface area contributed by atoms with Crippen LogP contribution >= 0.6 is 0 Å². The predicted octanol–water partition coefficient (Wildman–Crippen LogP) is 1.80. The van der Waals surface area contributed by atoms with Crippen LogP contribution in [0.25, 0.3) is 22.4 Å². The second-order valence-electron chi connectivity index (χ2n) is 5.54. The number of aliphatic hydroxyl groups excluding tert-OH is 1. The first-order valence-electron chi connectivity index (χ1n) is 7.44. The maximum atomic E-state index is 8.99. The molecular formula is C16H20N6O. The van der Waals surface area contributed by atoms with Gasteiger partial charge in [-0.15, -0.1) is 0 Å². The van der Waals surface area contributed by atoms with Crippen LogP contribution < -0.4 is 10.2 Å². The average Bonchev–Trinajstić information content (AvgIpc) is 3.00. The zero-order valence-electron chi connectivity index (χ0n) is 13.5. The van der Waals surface area contributed by atoms with Crippen LogP contribution in [0.2, 0.25) is 0 Å². The minimum Gasteiger partial charge on any atom is -0.395 e. The molecule has 3 aromatic rings. The molecule has 0 fully saturated rings. The van der Waals surface area contributed by atoms with E-state index in [1.807, 2.05) is 50.4 Å². The van der Waals surface area contributed by atoms with E-state index in [9.17, 15) is 0 Å². The molecule has 3 heterocycles. The van der Waals surface area contributed by atoms with Crippen molar-refractivity contribution in [2.24, 2.45) is 0 Å². The van der Waals surface area contributed by atoms with Crippen LogP contribution in [0.1, 0.15) is 5.56 Å². The Morgan fingerprint density at radius 3 is 2.87 bits per heavy atom. The molecule has 0 atom stereocenters. The number of aryl methyl sites for hydroxylation is 1. The van der Waals surface area contributed by atoms with E-state index >= 15 is 0 Å². The molecule has 120 valence electrons. The van der Waals surface area contributed by atoms with Gasteiger partial charge in [-0.1, -0.05) is 0 Å². The summed E-state index contributed by atoms with van der Waals surface area (Å²) in [5.41, 5.74) is 2.69. The Labute approximate surface area is 134 Å². The molecule has 0 saturated heterocycles. The van der Waals surface area contributed by atoms with E-state index in [4.69, 9.17) is 5.11 Å². The molecule has 7 nitrogen and oxygen atoms in total.